The van der Waals surface area contributed by atoms with Crippen LogP contribution in [0.1, 0.15) is 43.5 Å². The molecule has 18 heavy (non-hydrogen) atoms. The van der Waals surface area contributed by atoms with Crippen LogP contribution in [-0.2, 0) is 4.79 Å². The van der Waals surface area contributed by atoms with Gasteiger partial charge < -0.3 is 10.4 Å². The van der Waals surface area contributed by atoms with Gasteiger partial charge in [-0.3, -0.25) is 4.79 Å². The fourth-order valence-electron chi connectivity index (χ4n) is 2.74. The Morgan fingerprint density at radius 3 is 3.00 bits per heavy atom. The second-order valence-electron chi connectivity index (χ2n) is 5.13. The van der Waals surface area contributed by atoms with Gasteiger partial charge in [0, 0.05) is 10.9 Å². The van der Waals surface area contributed by atoms with Gasteiger partial charge in [0.25, 0.3) is 0 Å². The van der Waals surface area contributed by atoms with Crippen LogP contribution in [0.4, 0.5) is 0 Å². The summed E-state index contributed by atoms with van der Waals surface area (Å²) in [6.07, 6.45) is 4.12. The molecule has 1 aliphatic rings. The van der Waals surface area contributed by atoms with Crippen LogP contribution in [0, 0.1) is 11.8 Å². The van der Waals surface area contributed by atoms with E-state index >= 15 is 0 Å². The summed E-state index contributed by atoms with van der Waals surface area (Å²) in [6, 6.07) is 4.50. The molecule has 1 heterocycles. The van der Waals surface area contributed by atoms with E-state index in [1.54, 1.807) is 11.3 Å². The van der Waals surface area contributed by atoms with Crippen molar-refractivity contribution in [1.29, 1.82) is 0 Å². The minimum Gasteiger partial charge on any atom is -0.481 e. The molecule has 0 aromatic carbocycles. The van der Waals surface area contributed by atoms with Crippen molar-refractivity contribution >= 4 is 17.3 Å². The van der Waals surface area contributed by atoms with Gasteiger partial charge >= 0.3 is 5.97 Å². The van der Waals surface area contributed by atoms with E-state index in [0.29, 0.717) is 12.0 Å². The number of hydrogen-bond donors (Lipinski definition) is 2. The van der Waals surface area contributed by atoms with Gasteiger partial charge in [0.1, 0.15) is 0 Å². The van der Waals surface area contributed by atoms with Crippen molar-refractivity contribution in [3.8, 4) is 0 Å². The molecule has 2 N–H and O–H groups in total. The molecule has 1 fully saturated rings. The Morgan fingerprint density at radius 1 is 1.56 bits per heavy atom. The van der Waals surface area contributed by atoms with E-state index in [0.717, 1.165) is 25.8 Å². The van der Waals surface area contributed by atoms with E-state index in [1.165, 1.54) is 11.3 Å². The number of aliphatic carboxylic acids is 1. The maximum atomic E-state index is 11.2. The zero-order valence-electron chi connectivity index (χ0n) is 10.8. The normalized spacial score (nSPS) is 25.8. The van der Waals surface area contributed by atoms with Gasteiger partial charge in [0.2, 0.25) is 0 Å². The molecule has 1 aromatic heterocycles. The maximum Gasteiger partial charge on any atom is 0.306 e. The lowest BCUT2D eigenvalue weighted by atomic mass is 9.79. The average Bonchev–Trinajstić information content (AvgIpc) is 2.90. The molecular formula is C14H21NO2S. The maximum absolute atomic E-state index is 11.2. The number of carboxylic acid groups (broad SMARTS) is 1. The van der Waals surface area contributed by atoms with E-state index in [4.69, 9.17) is 0 Å². The van der Waals surface area contributed by atoms with Crippen LogP contribution in [0.3, 0.4) is 0 Å². The lowest BCUT2D eigenvalue weighted by Crippen LogP contribution is -2.35. The minimum atomic E-state index is -0.620. The number of carboxylic acids is 1. The molecule has 0 saturated heterocycles. The van der Waals surface area contributed by atoms with Crippen molar-refractivity contribution < 1.29 is 9.90 Å². The zero-order valence-corrected chi connectivity index (χ0v) is 11.6. The molecule has 3 atom stereocenters. The van der Waals surface area contributed by atoms with Gasteiger partial charge in [-0.05, 0) is 43.7 Å². The fourth-order valence-corrected chi connectivity index (χ4v) is 3.50. The molecule has 3 nitrogen and oxygen atoms in total. The van der Waals surface area contributed by atoms with Crippen molar-refractivity contribution in [2.24, 2.45) is 11.8 Å². The third kappa shape index (κ3) is 3.33. The first-order valence-electron chi connectivity index (χ1n) is 6.68. The molecule has 3 unspecified atom stereocenters. The molecule has 100 valence electrons. The third-order valence-corrected chi connectivity index (χ3v) is 4.94. The molecular weight excluding hydrogens is 246 g/mol. The fraction of sp³-hybridized carbons (Fsp3) is 0.643. The van der Waals surface area contributed by atoms with Crippen LogP contribution in [0.25, 0.3) is 0 Å². The summed E-state index contributed by atoms with van der Waals surface area (Å²) in [5.41, 5.74) is 0. The molecule has 1 saturated carbocycles. The Bertz CT molecular complexity index is 377. The summed E-state index contributed by atoms with van der Waals surface area (Å²) in [5.74, 6) is -0.481. The van der Waals surface area contributed by atoms with Crippen LogP contribution < -0.4 is 5.32 Å². The summed E-state index contributed by atoms with van der Waals surface area (Å²) in [5, 5.41) is 14.8. The minimum absolute atomic E-state index is 0.151. The van der Waals surface area contributed by atoms with Crippen LogP contribution >= 0.6 is 11.3 Å². The van der Waals surface area contributed by atoms with Crippen molar-refractivity contribution in [2.75, 3.05) is 6.54 Å². The molecule has 1 aromatic rings. The topological polar surface area (TPSA) is 49.3 Å². The Balaban J connectivity index is 1.86. The number of nitrogens with one attached hydrogen (secondary N) is 1. The van der Waals surface area contributed by atoms with Crippen molar-refractivity contribution in [3.63, 3.8) is 0 Å². The molecule has 4 heteroatoms. The molecule has 0 bridgehead atoms. The lowest BCUT2D eigenvalue weighted by molar-refractivity contribution is -0.144. The Kier molecular flexibility index (Phi) is 4.78. The summed E-state index contributed by atoms with van der Waals surface area (Å²) in [4.78, 5) is 12.5. The number of hydrogen-bond acceptors (Lipinski definition) is 3. The van der Waals surface area contributed by atoms with E-state index in [1.807, 2.05) is 0 Å². The molecule has 0 radical (unpaired) electrons. The van der Waals surface area contributed by atoms with Gasteiger partial charge in [0.15, 0.2) is 0 Å². The second-order valence-corrected chi connectivity index (χ2v) is 6.11. The van der Waals surface area contributed by atoms with Crippen molar-refractivity contribution in [2.45, 2.75) is 38.6 Å². The molecule has 2 rings (SSSR count). The smallest absolute Gasteiger partial charge is 0.306 e. The van der Waals surface area contributed by atoms with Gasteiger partial charge in [-0.2, -0.15) is 0 Å². The number of carbonyl (C=O) groups is 1. The predicted molar refractivity (Wildman–Crippen MR) is 73.8 cm³/mol. The van der Waals surface area contributed by atoms with Crippen LogP contribution in [0.15, 0.2) is 17.5 Å². The standard InChI is InChI=1S/C14H21NO2S/c1-10(13-7-4-8-18-13)15-9-11-5-2-3-6-12(11)14(16)17/h4,7-8,10-12,15H,2-3,5-6,9H2,1H3,(H,16,17). The number of thiophene rings is 1. The van der Waals surface area contributed by atoms with Gasteiger partial charge in [0.05, 0.1) is 5.92 Å². The highest BCUT2D eigenvalue weighted by Gasteiger charge is 2.30. The molecule has 0 amide bonds. The lowest BCUT2D eigenvalue weighted by Gasteiger charge is -2.29. The monoisotopic (exact) mass is 267 g/mol. The van der Waals surface area contributed by atoms with E-state index in [9.17, 15) is 9.90 Å². The van der Waals surface area contributed by atoms with Crippen molar-refractivity contribution in [1.82, 2.24) is 5.32 Å². The largest absolute Gasteiger partial charge is 0.481 e. The van der Waals surface area contributed by atoms with Gasteiger partial charge in [-0.25, -0.2) is 0 Å². The van der Waals surface area contributed by atoms with E-state index in [2.05, 4.69) is 29.8 Å². The molecule has 1 aliphatic carbocycles. The predicted octanol–water partition coefficient (Wildman–Crippen LogP) is 3.29. The third-order valence-electron chi connectivity index (χ3n) is 3.88. The quantitative estimate of drug-likeness (QED) is 0.860. The van der Waals surface area contributed by atoms with E-state index in [-0.39, 0.29) is 5.92 Å². The van der Waals surface area contributed by atoms with E-state index < -0.39 is 5.97 Å². The Labute approximate surface area is 112 Å². The SMILES string of the molecule is CC(NCC1CCCCC1C(=O)O)c1cccs1. The average molecular weight is 267 g/mol. The van der Waals surface area contributed by atoms with Crippen LogP contribution in [0.2, 0.25) is 0 Å². The van der Waals surface area contributed by atoms with Crippen molar-refractivity contribution in [3.05, 3.63) is 22.4 Å². The highest BCUT2D eigenvalue weighted by Crippen LogP contribution is 2.30. The molecule has 0 spiro atoms. The Morgan fingerprint density at radius 2 is 2.33 bits per heavy atom. The number of rotatable bonds is 5. The summed E-state index contributed by atoms with van der Waals surface area (Å²) in [6.45, 7) is 2.96. The highest BCUT2D eigenvalue weighted by atomic mass is 32.1. The van der Waals surface area contributed by atoms with Gasteiger partial charge in [-0.15, -0.1) is 11.3 Å². The summed E-state index contributed by atoms with van der Waals surface area (Å²) >= 11 is 1.75. The summed E-state index contributed by atoms with van der Waals surface area (Å²) < 4.78 is 0. The van der Waals surface area contributed by atoms with Crippen LogP contribution in [0.5, 0.6) is 0 Å². The highest BCUT2D eigenvalue weighted by molar-refractivity contribution is 7.10. The zero-order chi connectivity index (χ0) is 13.0. The first kappa shape index (κ1) is 13.6. The van der Waals surface area contributed by atoms with Gasteiger partial charge in [-0.1, -0.05) is 18.9 Å². The summed E-state index contributed by atoms with van der Waals surface area (Å²) in [7, 11) is 0. The second kappa shape index (κ2) is 6.34. The van der Waals surface area contributed by atoms with Crippen LogP contribution in [-0.4, -0.2) is 17.6 Å². The molecule has 0 aliphatic heterocycles. The first-order chi connectivity index (χ1) is 8.68. The Hall–Kier alpha value is -0.870. The first-order valence-corrected chi connectivity index (χ1v) is 7.56.